The maximum Gasteiger partial charge on any atom is 0.139 e. The van der Waals surface area contributed by atoms with Crippen molar-refractivity contribution in [2.24, 2.45) is 11.8 Å². The van der Waals surface area contributed by atoms with Crippen molar-refractivity contribution in [3.8, 4) is 23.7 Å². The lowest BCUT2D eigenvalue weighted by Crippen LogP contribution is -2.15. The van der Waals surface area contributed by atoms with Crippen LogP contribution in [0.1, 0.15) is 66.0 Å². The Labute approximate surface area is 196 Å². The Balaban J connectivity index is 1.43. The van der Waals surface area contributed by atoms with Crippen LogP contribution in [-0.4, -0.2) is 0 Å². The molecule has 0 heterocycles. The standard InChI is InChI=1S/C31H28F2/c1-22-3-7-24(8-4-22)11-12-25-13-15-26(16-14-25)17-18-28-20-31(33)29(21-30(28)32)19-27-9-5-23(2)6-10-27/h3-4,7-8,13-16,20-21,23,27H,5-6,9-10,19H2,1-2H3. The minimum Gasteiger partial charge on any atom is -0.207 e. The topological polar surface area (TPSA) is 0 Å². The van der Waals surface area contributed by atoms with E-state index in [0.29, 0.717) is 17.9 Å². The number of halogens is 2. The molecule has 0 atom stereocenters. The van der Waals surface area contributed by atoms with Crippen molar-refractivity contribution in [3.63, 3.8) is 0 Å². The molecule has 0 amide bonds. The van der Waals surface area contributed by atoms with Gasteiger partial charge in [-0.05, 0) is 92.1 Å². The van der Waals surface area contributed by atoms with Gasteiger partial charge in [0.1, 0.15) is 11.6 Å². The van der Waals surface area contributed by atoms with Crippen molar-refractivity contribution >= 4 is 0 Å². The number of hydrogen-bond donors (Lipinski definition) is 0. The molecular formula is C31H28F2. The lowest BCUT2D eigenvalue weighted by Gasteiger charge is -2.26. The van der Waals surface area contributed by atoms with E-state index in [1.165, 1.54) is 30.5 Å². The Hall–Kier alpha value is -3.36. The molecule has 4 rings (SSSR count). The molecule has 0 N–H and O–H groups in total. The first-order valence-electron chi connectivity index (χ1n) is 11.6. The van der Waals surface area contributed by atoms with Crippen molar-refractivity contribution in [1.82, 2.24) is 0 Å². The summed E-state index contributed by atoms with van der Waals surface area (Å²) >= 11 is 0. The summed E-state index contributed by atoms with van der Waals surface area (Å²) in [6.07, 6.45) is 5.14. The number of aryl methyl sites for hydroxylation is 1. The summed E-state index contributed by atoms with van der Waals surface area (Å²) in [6, 6.07) is 18.1. The van der Waals surface area contributed by atoms with E-state index in [1.807, 2.05) is 55.5 Å². The van der Waals surface area contributed by atoms with Crippen LogP contribution in [0.4, 0.5) is 8.78 Å². The molecule has 0 nitrogen and oxygen atoms in total. The van der Waals surface area contributed by atoms with Crippen LogP contribution in [0.2, 0.25) is 0 Å². The average Bonchev–Trinajstić information content (AvgIpc) is 2.82. The van der Waals surface area contributed by atoms with Gasteiger partial charge in [-0.15, -0.1) is 0 Å². The van der Waals surface area contributed by atoms with E-state index in [9.17, 15) is 8.78 Å². The second kappa shape index (κ2) is 10.5. The van der Waals surface area contributed by atoms with Crippen LogP contribution in [0.3, 0.4) is 0 Å². The largest absolute Gasteiger partial charge is 0.207 e. The van der Waals surface area contributed by atoms with Gasteiger partial charge in [-0.1, -0.05) is 61.1 Å². The van der Waals surface area contributed by atoms with Gasteiger partial charge >= 0.3 is 0 Å². The predicted molar refractivity (Wildman–Crippen MR) is 131 cm³/mol. The molecule has 0 aliphatic heterocycles. The molecule has 3 aromatic rings. The monoisotopic (exact) mass is 438 g/mol. The summed E-state index contributed by atoms with van der Waals surface area (Å²) in [4.78, 5) is 0. The quantitative estimate of drug-likeness (QED) is 0.365. The zero-order chi connectivity index (χ0) is 23.2. The second-order valence-corrected chi connectivity index (χ2v) is 9.20. The van der Waals surface area contributed by atoms with Crippen LogP contribution in [0.15, 0.2) is 60.7 Å². The van der Waals surface area contributed by atoms with E-state index in [-0.39, 0.29) is 11.4 Å². The van der Waals surface area contributed by atoms with Crippen LogP contribution in [0.5, 0.6) is 0 Å². The van der Waals surface area contributed by atoms with Gasteiger partial charge < -0.3 is 0 Å². The highest BCUT2D eigenvalue weighted by Gasteiger charge is 2.20. The van der Waals surface area contributed by atoms with Crippen LogP contribution in [-0.2, 0) is 6.42 Å². The van der Waals surface area contributed by atoms with E-state index in [0.717, 1.165) is 35.4 Å². The van der Waals surface area contributed by atoms with Gasteiger partial charge in [0.05, 0.1) is 5.56 Å². The fourth-order valence-electron chi connectivity index (χ4n) is 4.24. The highest BCUT2D eigenvalue weighted by molar-refractivity contribution is 5.48. The Bertz CT molecular complexity index is 1220. The van der Waals surface area contributed by atoms with E-state index in [4.69, 9.17) is 0 Å². The van der Waals surface area contributed by atoms with Crippen molar-refractivity contribution in [2.45, 2.75) is 46.0 Å². The van der Waals surface area contributed by atoms with Crippen LogP contribution >= 0.6 is 0 Å². The molecule has 0 saturated heterocycles. The maximum absolute atomic E-state index is 14.6. The molecule has 1 aliphatic rings. The molecule has 0 aromatic heterocycles. The highest BCUT2D eigenvalue weighted by atomic mass is 19.1. The minimum absolute atomic E-state index is 0.0942. The normalized spacial score (nSPS) is 17.5. The summed E-state index contributed by atoms with van der Waals surface area (Å²) in [5.74, 6) is 12.4. The minimum atomic E-state index is -0.455. The van der Waals surface area contributed by atoms with Gasteiger partial charge in [-0.3, -0.25) is 0 Å². The van der Waals surface area contributed by atoms with Gasteiger partial charge in [0, 0.05) is 16.7 Å². The molecule has 1 saturated carbocycles. The predicted octanol–water partition coefficient (Wildman–Crippen LogP) is 7.44. The molecule has 0 spiro atoms. The van der Waals surface area contributed by atoms with E-state index in [2.05, 4.69) is 30.6 Å². The molecule has 2 heteroatoms. The van der Waals surface area contributed by atoms with Crippen molar-refractivity contribution < 1.29 is 8.78 Å². The summed E-state index contributed by atoms with van der Waals surface area (Å²) in [5, 5.41) is 0. The molecule has 3 aromatic carbocycles. The fourth-order valence-corrected chi connectivity index (χ4v) is 4.24. The van der Waals surface area contributed by atoms with Crippen molar-refractivity contribution in [2.75, 3.05) is 0 Å². The summed E-state index contributed by atoms with van der Waals surface area (Å²) in [6.45, 7) is 4.31. The summed E-state index contributed by atoms with van der Waals surface area (Å²) in [7, 11) is 0. The first kappa shape index (κ1) is 22.8. The Kier molecular flexibility index (Phi) is 7.26. The lowest BCUT2D eigenvalue weighted by atomic mass is 9.80. The summed E-state index contributed by atoms with van der Waals surface area (Å²) in [5.41, 5.74) is 4.33. The zero-order valence-electron chi connectivity index (χ0n) is 19.2. The van der Waals surface area contributed by atoms with Crippen molar-refractivity contribution in [3.05, 3.63) is 106 Å². The average molecular weight is 439 g/mol. The Morgan fingerprint density at radius 2 is 1.21 bits per heavy atom. The molecule has 1 fully saturated rings. The van der Waals surface area contributed by atoms with Crippen molar-refractivity contribution in [1.29, 1.82) is 0 Å². The SMILES string of the molecule is Cc1ccc(C#Cc2ccc(C#Cc3cc(F)c(CC4CCC(C)CC4)cc3F)cc2)cc1. The fraction of sp³-hybridized carbons (Fsp3) is 0.290. The van der Waals surface area contributed by atoms with Gasteiger partial charge in [0.2, 0.25) is 0 Å². The number of rotatable bonds is 2. The molecule has 0 bridgehead atoms. The van der Waals surface area contributed by atoms with E-state index >= 15 is 0 Å². The van der Waals surface area contributed by atoms with Crippen LogP contribution in [0, 0.1) is 54.1 Å². The van der Waals surface area contributed by atoms with E-state index < -0.39 is 5.82 Å². The number of benzene rings is 3. The van der Waals surface area contributed by atoms with Crippen LogP contribution in [0.25, 0.3) is 0 Å². The van der Waals surface area contributed by atoms with Gasteiger partial charge in [-0.2, -0.15) is 0 Å². The Morgan fingerprint density at radius 1 is 0.697 bits per heavy atom. The molecule has 0 radical (unpaired) electrons. The lowest BCUT2D eigenvalue weighted by molar-refractivity contribution is 0.287. The molecular weight excluding hydrogens is 410 g/mol. The third-order valence-corrected chi connectivity index (χ3v) is 6.41. The zero-order valence-corrected chi connectivity index (χ0v) is 19.2. The molecule has 33 heavy (non-hydrogen) atoms. The summed E-state index contributed by atoms with van der Waals surface area (Å²) < 4.78 is 29.2. The molecule has 1 aliphatic carbocycles. The highest BCUT2D eigenvalue weighted by Crippen LogP contribution is 2.31. The third-order valence-electron chi connectivity index (χ3n) is 6.41. The van der Waals surface area contributed by atoms with E-state index in [1.54, 1.807) is 0 Å². The Morgan fingerprint density at radius 3 is 1.79 bits per heavy atom. The first-order valence-corrected chi connectivity index (χ1v) is 11.6. The smallest absolute Gasteiger partial charge is 0.139 e. The van der Waals surface area contributed by atoms with Gasteiger partial charge in [0.25, 0.3) is 0 Å². The van der Waals surface area contributed by atoms with Gasteiger partial charge in [-0.25, -0.2) is 8.78 Å². The number of hydrogen-bond acceptors (Lipinski definition) is 0. The second-order valence-electron chi connectivity index (χ2n) is 9.20. The molecule has 166 valence electrons. The van der Waals surface area contributed by atoms with Crippen LogP contribution < -0.4 is 0 Å². The third kappa shape index (κ3) is 6.34. The maximum atomic E-state index is 14.6. The van der Waals surface area contributed by atoms with Gasteiger partial charge in [0.15, 0.2) is 0 Å². The first-order chi connectivity index (χ1) is 16.0. The molecule has 0 unspecified atom stereocenters.